The fraction of sp³-hybridized carbons (Fsp3) is 0.0769. The molecule has 7 nitrogen and oxygen atoms in total. The summed E-state index contributed by atoms with van der Waals surface area (Å²) < 4.78 is 1.81. The lowest BCUT2D eigenvalue weighted by Gasteiger charge is -2.36. The van der Waals surface area contributed by atoms with E-state index in [9.17, 15) is 9.59 Å². The van der Waals surface area contributed by atoms with E-state index in [1.807, 2.05) is 4.40 Å². The second-order valence-electron chi connectivity index (χ2n) is 4.58. The highest BCUT2D eigenvalue weighted by molar-refractivity contribution is 8.03. The van der Waals surface area contributed by atoms with Gasteiger partial charge in [0, 0.05) is 24.0 Å². The molecular weight excluding hydrogens is 292 g/mol. The molecule has 2 aliphatic rings. The lowest BCUT2D eigenvalue weighted by molar-refractivity contribution is -0.141. The first kappa shape index (κ1) is 12.2. The van der Waals surface area contributed by atoms with Gasteiger partial charge in [-0.05, 0) is 6.08 Å². The summed E-state index contributed by atoms with van der Waals surface area (Å²) >= 11 is 1.31. The summed E-state index contributed by atoms with van der Waals surface area (Å²) in [5.74, 6) is -1.37. The molecule has 21 heavy (non-hydrogen) atoms. The fourth-order valence-corrected chi connectivity index (χ4v) is 3.48. The number of hydrogen-bond acceptors (Lipinski definition) is 5. The maximum atomic E-state index is 12.1. The number of carboxylic acid groups (broad SMARTS) is 1. The molecule has 0 saturated carbocycles. The minimum atomic E-state index is -1.09. The molecule has 4 rings (SSSR count). The normalized spacial score (nSPS) is 22.4. The van der Waals surface area contributed by atoms with E-state index in [1.165, 1.54) is 22.1 Å². The van der Waals surface area contributed by atoms with Gasteiger partial charge in [-0.2, -0.15) is 0 Å². The van der Waals surface area contributed by atoms with E-state index < -0.39 is 5.97 Å². The predicted molar refractivity (Wildman–Crippen MR) is 74.9 cm³/mol. The van der Waals surface area contributed by atoms with Crippen LogP contribution in [0, 0.1) is 0 Å². The monoisotopic (exact) mass is 300 g/mol. The highest BCUT2D eigenvalue weighted by Gasteiger charge is 2.49. The zero-order chi connectivity index (χ0) is 14.6. The first-order chi connectivity index (χ1) is 10.1. The van der Waals surface area contributed by atoms with Crippen LogP contribution in [-0.2, 0) is 9.59 Å². The molecule has 2 aromatic heterocycles. The lowest BCUT2D eigenvalue weighted by Crippen LogP contribution is -2.51. The maximum Gasteiger partial charge on any atom is 0.353 e. The number of aliphatic carboxylic acids is 1. The van der Waals surface area contributed by atoms with Crippen molar-refractivity contribution in [1.82, 2.24) is 19.3 Å². The van der Waals surface area contributed by atoms with Crippen molar-refractivity contribution in [3.8, 4) is 0 Å². The van der Waals surface area contributed by atoms with Crippen LogP contribution in [0.3, 0.4) is 0 Å². The van der Waals surface area contributed by atoms with E-state index in [-0.39, 0.29) is 17.0 Å². The van der Waals surface area contributed by atoms with Crippen molar-refractivity contribution in [3.63, 3.8) is 0 Å². The van der Waals surface area contributed by atoms with Crippen molar-refractivity contribution in [1.29, 1.82) is 0 Å². The quantitative estimate of drug-likeness (QED) is 0.656. The molecule has 1 N–H and O–H groups in total. The van der Waals surface area contributed by atoms with Crippen molar-refractivity contribution in [3.05, 3.63) is 47.2 Å². The van der Waals surface area contributed by atoms with Crippen molar-refractivity contribution < 1.29 is 14.7 Å². The average Bonchev–Trinajstić information content (AvgIpc) is 3.05. The van der Waals surface area contributed by atoms with E-state index in [4.69, 9.17) is 5.11 Å². The Morgan fingerprint density at radius 3 is 3.10 bits per heavy atom. The number of aromatic nitrogens is 3. The molecule has 0 aliphatic carbocycles. The predicted octanol–water partition coefficient (Wildman–Crippen LogP) is 0.954. The minimum Gasteiger partial charge on any atom is -0.477 e. The summed E-state index contributed by atoms with van der Waals surface area (Å²) in [5.41, 5.74) is 1.93. The van der Waals surface area contributed by atoms with Crippen molar-refractivity contribution >= 4 is 35.4 Å². The minimum absolute atomic E-state index is 0.0337. The second-order valence-corrected chi connectivity index (χ2v) is 5.53. The number of fused-ring (bicyclic) bond motifs is 2. The number of nitrogens with zero attached hydrogens (tertiary/aromatic N) is 4. The highest BCUT2D eigenvalue weighted by Crippen LogP contribution is 2.44. The number of amides is 1. The third-order valence-electron chi connectivity index (χ3n) is 3.34. The number of rotatable bonds is 2. The summed E-state index contributed by atoms with van der Waals surface area (Å²) in [6.07, 6.45) is 8.55. The van der Waals surface area contributed by atoms with E-state index >= 15 is 0 Å². The molecule has 0 bridgehead atoms. The number of carbonyl (C=O) groups excluding carboxylic acids is 1. The van der Waals surface area contributed by atoms with Crippen molar-refractivity contribution in [2.45, 2.75) is 5.37 Å². The smallest absolute Gasteiger partial charge is 0.353 e. The van der Waals surface area contributed by atoms with Gasteiger partial charge in [-0.15, -0.1) is 11.8 Å². The molecule has 4 heterocycles. The zero-order valence-electron chi connectivity index (χ0n) is 10.5. The number of β-lactam (4-membered cyclic amide) rings is 1. The van der Waals surface area contributed by atoms with Crippen LogP contribution in [-0.4, -0.2) is 41.6 Å². The Hall–Kier alpha value is -2.61. The molecule has 2 aliphatic heterocycles. The molecule has 2 aromatic rings. The van der Waals surface area contributed by atoms with Gasteiger partial charge in [0.15, 0.2) is 5.65 Å². The van der Waals surface area contributed by atoms with Gasteiger partial charge in [-0.1, -0.05) is 0 Å². The number of carbonyl (C=O) groups is 2. The summed E-state index contributed by atoms with van der Waals surface area (Å²) in [6.45, 7) is 0. The summed E-state index contributed by atoms with van der Waals surface area (Å²) in [4.78, 5) is 32.7. The Balaban J connectivity index is 1.67. The highest BCUT2D eigenvalue weighted by atomic mass is 32.2. The Labute approximate surface area is 122 Å². The molecule has 8 heteroatoms. The molecule has 0 unspecified atom stereocenters. The molecule has 1 fully saturated rings. The van der Waals surface area contributed by atoms with Crippen LogP contribution in [0.5, 0.6) is 0 Å². The van der Waals surface area contributed by atoms with E-state index in [0.29, 0.717) is 16.9 Å². The standard InChI is InChI=1S/C13H8N4O3S/c18-11-8(12-17(11)9(6-21-12)13(19)20)3-7-5-16-2-1-14-4-10(16)15-7/h1-6,12H,(H,19,20)/b8-3+/t12-/m1/s1. The Morgan fingerprint density at radius 1 is 1.48 bits per heavy atom. The van der Waals surface area contributed by atoms with E-state index in [0.717, 1.165) is 0 Å². The first-order valence-corrected chi connectivity index (χ1v) is 7.02. The second kappa shape index (κ2) is 4.19. The van der Waals surface area contributed by atoms with Gasteiger partial charge in [0.25, 0.3) is 5.91 Å². The fourth-order valence-electron chi connectivity index (χ4n) is 2.36. The molecule has 104 valence electrons. The molecule has 1 saturated heterocycles. The van der Waals surface area contributed by atoms with Gasteiger partial charge in [0.2, 0.25) is 0 Å². The van der Waals surface area contributed by atoms with Crippen LogP contribution in [0.2, 0.25) is 0 Å². The third kappa shape index (κ3) is 1.69. The average molecular weight is 300 g/mol. The summed E-state index contributed by atoms with van der Waals surface area (Å²) in [7, 11) is 0. The summed E-state index contributed by atoms with van der Waals surface area (Å²) in [6, 6.07) is 0. The van der Waals surface area contributed by atoms with Crippen LogP contribution in [0.1, 0.15) is 5.69 Å². The van der Waals surface area contributed by atoms with Gasteiger partial charge in [-0.3, -0.25) is 14.7 Å². The van der Waals surface area contributed by atoms with Gasteiger partial charge in [-0.25, -0.2) is 9.78 Å². The largest absolute Gasteiger partial charge is 0.477 e. The van der Waals surface area contributed by atoms with Crippen LogP contribution in [0.25, 0.3) is 11.7 Å². The van der Waals surface area contributed by atoms with Crippen molar-refractivity contribution in [2.75, 3.05) is 0 Å². The van der Waals surface area contributed by atoms with E-state index in [1.54, 1.807) is 30.9 Å². The molecule has 1 atom stereocenters. The van der Waals surface area contributed by atoms with Crippen LogP contribution < -0.4 is 0 Å². The molecule has 0 radical (unpaired) electrons. The Bertz CT molecular complexity index is 821. The Morgan fingerprint density at radius 2 is 2.33 bits per heavy atom. The number of hydrogen-bond donors (Lipinski definition) is 1. The molecular formula is C13H8N4O3S. The van der Waals surface area contributed by atoms with E-state index in [2.05, 4.69) is 9.97 Å². The zero-order valence-corrected chi connectivity index (χ0v) is 11.3. The topological polar surface area (TPSA) is 87.8 Å². The molecule has 1 amide bonds. The Kier molecular flexibility index (Phi) is 2.43. The van der Waals surface area contributed by atoms with Crippen LogP contribution in [0.4, 0.5) is 0 Å². The van der Waals surface area contributed by atoms with Gasteiger partial charge >= 0.3 is 5.97 Å². The molecule has 0 aromatic carbocycles. The summed E-state index contributed by atoms with van der Waals surface area (Å²) in [5, 5.41) is 10.2. The number of thioether (sulfide) groups is 1. The van der Waals surface area contributed by atoms with Gasteiger partial charge in [0.1, 0.15) is 11.1 Å². The number of carboxylic acids is 1. The van der Waals surface area contributed by atoms with Crippen LogP contribution in [0.15, 0.2) is 41.5 Å². The SMILES string of the molecule is O=C(O)C1=CS[C@@H]2/C(=C/c3cn4ccncc4n3)C(=O)N12. The maximum absolute atomic E-state index is 12.1. The number of imidazole rings is 1. The first-order valence-electron chi connectivity index (χ1n) is 6.08. The van der Waals surface area contributed by atoms with Crippen LogP contribution >= 0.6 is 11.8 Å². The molecule has 0 spiro atoms. The van der Waals surface area contributed by atoms with Gasteiger partial charge in [0.05, 0.1) is 17.5 Å². The van der Waals surface area contributed by atoms with Crippen molar-refractivity contribution in [2.24, 2.45) is 0 Å². The van der Waals surface area contributed by atoms with Gasteiger partial charge < -0.3 is 9.51 Å². The lowest BCUT2D eigenvalue weighted by atomic mass is 10.0. The third-order valence-corrected chi connectivity index (χ3v) is 4.42.